The smallest absolute Gasteiger partial charge is 0.272 e. The molecule has 1 N–H and O–H groups in total. The van der Waals surface area contributed by atoms with Gasteiger partial charge in [0.1, 0.15) is 11.4 Å². The molecule has 4 aromatic rings. The van der Waals surface area contributed by atoms with Crippen LogP contribution in [0.15, 0.2) is 72.8 Å². The zero-order valence-corrected chi connectivity index (χ0v) is 24.1. The first-order chi connectivity index (χ1) is 20.4. The minimum Gasteiger partial charge on any atom is -0.493 e. The second-order valence-corrected chi connectivity index (χ2v) is 11.1. The van der Waals surface area contributed by atoms with Crippen LogP contribution in [-0.2, 0) is 22.7 Å². The predicted molar refractivity (Wildman–Crippen MR) is 159 cm³/mol. The van der Waals surface area contributed by atoms with Gasteiger partial charge in [-0.1, -0.05) is 48.0 Å². The maximum atomic E-state index is 13.6. The van der Waals surface area contributed by atoms with Crippen molar-refractivity contribution in [3.8, 4) is 17.2 Å². The summed E-state index contributed by atoms with van der Waals surface area (Å²) in [7, 11) is 3.48. The van der Waals surface area contributed by atoms with Crippen LogP contribution in [0, 0.1) is 0 Å². The molecule has 2 aliphatic heterocycles. The van der Waals surface area contributed by atoms with Gasteiger partial charge in [-0.25, -0.2) is 4.98 Å². The van der Waals surface area contributed by atoms with E-state index in [1.54, 1.807) is 24.1 Å². The average molecular weight is 587 g/mol. The van der Waals surface area contributed by atoms with Crippen LogP contribution in [0.1, 0.15) is 21.6 Å². The summed E-state index contributed by atoms with van der Waals surface area (Å²) in [6.07, 6.45) is -0.419. The van der Waals surface area contributed by atoms with E-state index in [1.807, 2.05) is 72.6 Å². The molecular formula is C32H31ClN4O5. The minimum atomic E-state index is -0.419. The first-order valence-electron chi connectivity index (χ1n) is 13.7. The number of aromatic nitrogens is 1. The van der Waals surface area contributed by atoms with Crippen LogP contribution >= 0.6 is 11.6 Å². The first kappa shape index (κ1) is 28.0. The van der Waals surface area contributed by atoms with Crippen molar-refractivity contribution in [3.63, 3.8) is 0 Å². The van der Waals surface area contributed by atoms with Crippen LogP contribution in [0.25, 0.3) is 10.9 Å². The van der Waals surface area contributed by atoms with E-state index in [4.69, 9.17) is 25.8 Å². The molecule has 4 bridgehead atoms. The van der Waals surface area contributed by atoms with Gasteiger partial charge in [-0.15, -0.1) is 0 Å². The Kier molecular flexibility index (Phi) is 7.97. The zero-order chi connectivity index (χ0) is 29.2. The van der Waals surface area contributed by atoms with E-state index < -0.39 is 6.10 Å². The Bertz CT molecular complexity index is 1650. The van der Waals surface area contributed by atoms with E-state index in [1.165, 1.54) is 0 Å². The first-order valence-corrected chi connectivity index (χ1v) is 14.1. The van der Waals surface area contributed by atoms with Gasteiger partial charge in [-0.2, -0.15) is 0 Å². The topological polar surface area (TPSA) is 93.2 Å². The quantitative estimate of drug-likeness (QED) is 0.365. The fourth-order valence-electron chi connectivity index (χ4n) is 5.43. The molecule has 0 aliphatic carbocycles. The molecule has 0 saturated carbocycles. The Morgan fingerprint density at radius 2 is 1.88 bits per heavy atom. The largest absolute Gasteiger partial charge is 0.493 e. The van der Waals surface area contributed by atoms with Gasteiger partial charge in [0.25, 0.3) is 5.91 Å². The number of amides is 2. The molecule has 6 rings (SSSR count). The van der Waals surface area contributed by atoms with E-state index in [0.717, 1.165) is 16.5 Å². The number of likely N-dealkylation sites (tertiary alicyclic amines) is 1. The number of hydrogen-bond donors (Lipinski definition) is 1. The number of fused-ring (bicyclic) bond motifs is 6. The second-order valence-electron chi connectivity index (χ2n) is 10.6. The monoisotopic (exact) mass is 586 g/mol. The molecule has 2 atom stereocenters. The molecule has 42 heavy (non-hydrogen) atoms. The van der Waals surface area contributed by atoms with Crippen LogP contribution in [0.5, 0.6) is 17.2 Å². The number of likely N-dealkylation sites (N-methyl/N-ethyl adjacent to an activating group) is 1. The Morgan fingerprint density at radius 1 is 1.02 bits per heavy atom. The molecule has 0 unspecified atom stereocenters. The van der Waals surface area contributed by atoms with Crippen LogP contribution in [0.4, 0.5) is 0 Å². The molecule has 9 nitrogen and oxygen atoms in total. The molecule has 10 heteroatoms. The molecule has 2 aliphatic rings. The van der Waals surface area contributed by atoms with Gasteiger partial charge in [-0.05, 0) is 54.6 Å². The number of carbonyl (C=O) groups excluding carboxylic acids is 2. The predicted octanol–water partition coefficient (Wildman–Crippen LogP) is 4.66. The van der Waals surface area contributed by atoms with E-state index in [9.17, 15) is 9.59 Å². The van der Waals surface area contributed by atoms with Crippen molar-refractivity contribution in [1.29, 1.82) is 0 Å². The molecule has 0 radical (unpaired) electrons. The number of carbonyl (C=O) groups is 2. The van der Waals surface area contributed by atoms with Gasteiger partial charge in [0, 0.05) is 25.0 Å². The number of hydrogen-bond acceptors (Lipinski definition) is 7. The van der Waals surface area contributed by atoms with Gasteiger partial charge in [0.2, 0.25) is 5.91 Å². The van der Waals surface area contributed by atoms with Crippen molar-refractivity contribution < 1.29 is 23.8 Å². The van der Waals surface area contributed by atoms with Gasteiger partial charge in [0.05, 0.1) is 42.9 Å². The lowest BCUT2D eigenvalue weighted by Gasteiger charge is -2.23. The number of ether oxygens (including phenoxy) is 3. The maximum Gasteiger partial charge on any atom is 0.272 e. The number of benzene rings is 3. The number of nitrogens with one attached hydrogen (secondary N) is 1. The van der Waals surface area contributed by atoms with Gasteiger partial charge in [-0.3, -0.25) is 14.5 Å². The summed E-state index contributed by atoms with van der Waals surface area (Å²) in [6.45, 7) is 1.57. The summed E-state index contributed by atoms with van der Waals surface area (Å²) in [5.41, 5.74) is 2.75. The number of methoxy groups -OCH3 is 1. The Hall–Kier alpha value is -4.18. The molecule has 1 fully saturated rings. The molecule has 0 spiro atoms. The lowest BCUT2D eigenvalue weighted by molar-refractivity contribution is -0.123. The molecule has 1 saturated heterocycles. The van der Waals surface area contributed by atoms with Gasteiger partial charge >= 0.3 is 0 Å². The van der Waals surface area contributed by atoms with Crippen LogP contribution in [-0.4, -0.2) is 72.5 Å². The average Bonchev–Trinajstić information content (AvgIpc) is 3.37. The Labute approximate surface area is 248 Å². The Balaban J connectivity index is 1.26. The summed E-state index contributed by atoms with van der Waals surface area (Å²) in [5, 5.41) is 4.46. The molecule has 3 heterocycles. The summed E-state index contributed by atoms with van der Waals surface area (Å²) >= 11 is 6.35. The fourth-order valence-corrected chi connectivity index (χ4v) is 5.66. The van der Waals surface area contributed by atoms with Crippen LogP contribution in [0.3, 0.4) is 0 Å². The van der Waals surface area contributed by atoms with Crippen LogP contribution in [0.2, 0.25) is 5.02 Å². The fraction of sp³-hybridized carbons (Fsp3) is 0.281. The molecule has 216 valence electrons. The van der Waals surface area contributed by atoms with Crippen molar-refractivity contribution in [2.24, 2.45) is 0 Å². The highest BCUT2D eigenvalue weighted by molar-refractivity contribution is 6.35. The van der Waals surface area contributed by atoms with E-state index in [-0.39, 0.29) is 31.0 Å². The van der Waals surface area contributed by atoms with E-state index >= 15 is 0 Å². The summed E-state index contributed by atoms with van der Waals surface area (Å²) < 4.78 is 18.1. The number of pyridine rings is 1. The standard InChI is InChI=1S/C32H31ClN4O5/c1-36-15-20-9-12-27(40-2)28(14-20)42-23-7-3-5-21(13-23)19-41-29-17-37(16-26(29)34-30(38)18-36)32(39)25-11-10-22-6-4-8-24(33)31(22)35-25/h3-14,26,29H,15-19H2,1-2H3,(H,34,38)/t26-,29-/m0/s1. The lowest BCUT2D eigenvalue weighted by atomic mass is 10.1. The number of nitrogens with zero attached hydrogens (tertiary/aromatic N) is 3. The van der Waals surface area contributed by atoms with Crippen molar-refractivity contribution in [2.75, 3.05) is 33.8 Å². The summed E-state index contributed by atoms with van der Waals surface area (Å²) in [6, 6.07) is 22.0. The van der Waals surface area contributed by atoms with Crippen LogP contribution < -0.4 is 14.8 Å². The molecule has 1 aromatic heterocycles. The van der Waals surface area contributed by atoms with Crippen molar-refractivity contribution in [3.05, 3.63) is 94.6 Å². The molecule has 2 amide bonds. The summed E-state index contributed by atoms with van der Waals surface area (Å²) in [5.74, 6) is 1.46. The third-order valence-electron chi connectivity index (χ3n) is 7.47. The highest BCUT2D eigenvalue weighted by Crippen LogP contribution is 2.33. The number of rotatable bonds is 2. The Morgan fingerprint density at radius 3 is 2.74 bits per heavy atom. The number of para-hydroxylation sites is 1. The lowest BCUT2D eigenvalue weighted by Crippen LogP contribution is -2.47. The maximum absolute atomic E-state index is 13.6. The van der Waals surface area contributed by atoms with Crippen molar-refractivity contribution in [2.45, 2.75) is 25.3 Å². The third kappa shape index (κ3) is 6.04. The van der Waals surface area contributed by atoms with E-state index in [0.29, 0.717) is 53.1 Å². The van der Waals surface area contributed by atoms with Gasteiger partial charge < -0.3 is 24.4 Å². The number of halogens is 1. The normalized spacial score (nSPS) is 19.6. The van der Waals surface area contributed by atoms with Crippen molar-refractivity contribution >= 4 is 34.3 Å². The third-order valence-corrected chi connectivity index (χ3v) is 7.78. The van der Waals surface area contributed by atoms with E-state index in [2.05, 4.69) is 10.3 Å². The van der Waals surface area contributed by atoms with Crippen molar-refractivity contribution in [1.82, 2.24) is 20.1 Å². The zero-order valence-electron chi connectivity index (χ0n) is 23.4. The second kappa shape index (κ2) is 12.0. The summed E-state index contributed by atoms with van der Waals surface area (Å²) in [4.78, 5) is 34.9. The SMILES string of the molecule is COc1ccc2cc1Oc1cccc(c1)CO[C@H]1CN(C(=O)c3ccc4cccc(Cl)c4n3)C[C@@H]1NC(=O)CN(C)C2. The van der Waals surface area contributed by atoms with Gasteiger partial charge in [0.15, 0.2) is 11.5 Å². The molecule has 3 aromatic carbocycles. The molecular weight excluding hydrogens is 556 g/mol. The highest BCUT2D eigenvalue weighted by atomic mass is 35.5. The minimum absolute atomic E-state index is 0.153. The highest BCUT2D eigenvalue weighted by Gasteiger charge is 2.38.